The molecule has 19 heavy (non-hydrogen) atoms. The van der Waals surface area contributed by atoms with E-state index < -0.39 is 0 Å². The second-order valence-corrected chi connectivity index (χ2v) is 5.08. The first-order valence-corrected chi connectivity index (χ1v) is 6.99. The Morgan fingerprint density at radius 3 is 2.58 bits per heavy atom. The maximum absolute atomic E-state index is 4.41. The topological polar surface area (TPSA) is 55.6 Å². The molecule has 0 aromatic carbocycles. The van der Waals surface area contributed by atoms with Gasteiger partial charge in [0, 0.05) is 6.04 Å². The highest BCUT2D eigenvalue weighted by Crippen LogP contribution is 2.21. The fourth-order valence-corrected chi connectivity index (χ4v) is 2.59. The predicted octanol–water partition coefficient (Wildman–Crippen LogP) is 2.80. The molecule has 2 aromatic rings. The summed E-state index contributed by atoms with van der Waals surface area (Å²) in [6, 6.07) is 4.63. The minimum absolute atomic E-state index is 0.599. The average molecular weight is 257 g/mol. The van der Waals surface area contributed by atoms with Crippen LogP contribution in [0.5, 0.6) is 0 Å². The third kappa shape index (κ3) is 3.10. The van der Waals surface area contributed by atoms with Gasteiger partial charge in [-0.05, 0) is 25.0 Å². The highest BCUT2D eigenvalue weighted by molar-refractivity contribution is 5.44. The van der Waals surface area contributed by atoms with Crippen LogP contribution in [0.3, 0.4) is 0 Å². The molecule has 1 fully saturated rings. The van der Waals surface area contributed by atoms with Crippen molar-refractivity contribution in [1.29, 1.82) is 0 Å². The lowest BCUT2D eigenvalue weighted by Crippen LogP contribution is -2.18. The molecule has 1 aliphatic carbocycles. The van der Waals surface area contributed by atoms with E-state index in [2.05, 4.69) is 26.4 Å². The molecule has 0 spiro atoms. The van der Waals surface area contributed by atoms with Gasteiger partial charge < -0.3 is 5.32 Å². The van der Waals surface area contributed by atoms with Gasteiger partial charge in [0.05, 0.1) is 11.9 Å². The van der Waals surface area contributed by atoms with E-state index in [4.69, 9.17) is 0 Å². The minimum atomic E-state index is 0.599. The molecule has 0 atom stereocenters. The Kier molecular flexibility index (Phi) is 3.72. The summed E-state index contributed by atoms with van der Waals surface area (Å²) in [5.74, 6) is 0.795. The predicted molar refractivity (Wildman–Crippen MR) is 74.3 cm³/mol. The first kappa shape index (κ1) is 12.1. The maximum atomic E-state index is 4.41. The Morgan fingerprint density at radius 1 is 1.11 bits per heavy atom. The molecule has 0 bridgehead atoms. The fraction of sp³-hybridized carbons (Fsp3) is 0.500. The smallest absolute Gasteiger partial charge is 0.155 e. The summed E-state index contributed by atoms with van der Waals surface area (Å²) >= 11 is 0. The second kappa shape index (κ2) is 5.82. The zero-order valence-electron chi connectivity index (χ0n) is 11.0. The normalized spacial score (nSPS) is 17.1. The molecule has 1 N–H and O–H groups in total. The van der Waals surface area contributed by atoms with Gasteiger partial charge >= 0.3 is 0 Å². The van der Waals surface area contributed by atoms with Crippen LogP contribution in [0.4, 0.5) is 5.69 Å². The molecule has 0 radical (unpaired) electrons. The molecule has 100 valence electrons. The van der Waals surface area contributed by atoms with Crippen LogP contribution in [0.25, 0.3) is 5.82 Å². The summed E-state index contributed by atoms with van der Waals surface area (Å²) in [5, 5.41) is 7.65. The van der Waals surface area contributed by atoms with Gasteiger partial charge in [-0.3, -0.25) is 0 Å². The van der Waals surface area contributed by atoms with Crippen LogP contribution in [-0.2, 0) is 0 Å². The molecule has 1 saturated carbocycles. The van der Waals surface area contributed by atoms with E-state index in [-0.39, 0.29) is 0 Å². The third-order valence-corrected chi connectivity index (χ3v) is 3.63. The highest BCUT2D eigenvalue weighted by Gasteiger charge is 2.11. The number of nitrogens with one attached hydrogen (secondary N) is 1. The summed E-state index contributed by atoms with van der Waals surface area (Å²) in [7, 11) is 0. The Morgan fingerprint density at radius 2 is 1.95 bits per heavy atom. The number of pyridine rings is 1. The quantitative estimate of drug-likeness (QED) is 0.859. The number of anilines is 1. The summed E-state index contributed by atoms with van der Waals surface area (Å²) in [6.07, 6.45) is 13.0. The van der Waals surface area contributed by atoms with Crippen molar-refractivity contribution in [1.82, 2.24) is 19.7 Å². The minimum Gasteiger partial charge on any atom is -0.381 e. The summed E-state index contributed by atoms with van der Waals surface area (Å²) in [5.41, 5.74) is 1.09. The molecule has 3 rings (SSSR count). The number of aromatic nitrogens is 4. The van der Waals surface area contributed by atoms with Crippen LogP contribution in [0, 0.1) is 0 Å². The monoisotopic (exact) mass is 257 g/mol. The summed E-state index contributed by atoms with van der Waals surface area (Å²) in [4.78, 5) is 8.33. The molecule has 0 aliphatic heterocycles. The molecule has 5 heteroatoms. The zero-order valence-corrected chi connectivity index (χ0v) is 11.0. The molecule has 0 saturated heterocycles. The van der Waals surface area contributed by atoms with Gasteiger partial charge in [-0.2, -0.15) is 5.10 Å². The van der Waals surface area contributed by atoms with E-state index in [0.717, 1.165) is 11.5 Å². The van der Waals surface area contributed by atoms with Gasteiger partial charge in [0.25, 0.3) is 0 Å². The van der Waals surface area contributed by atoms with Crippen molar-refractivity contribution in [3.8, 4) is 5.82 Å². The third-order valence-electron chi connectivity index (χ3n) is 3.63. The number of nitrogens with zero attached hydrogens (tertiary/aromatic N) is 4. The van der Waals surface area contributed by atoms with Crippen molar-refractivity contribution in [3.05, 3.63) is 31.0 Å². The van der Waals surface area contributed by atoms with Gasteiger partial charge in [0.1, 0.15) is 12.7 Å². The van der Waals surface area contributed by atoms with Crippen molar-refractivity contribution >= 4 is 5.69 Å². The molecule has 5 nitrogen and oxygen atoms in total. The van der Waals surface area contributed by atoms with E-state index in [1.807, 2.05) is 12.3 Å². The Bertz CT molecular complexity index is 483. The van der Waals surface area contributed by atoms with Gasteiger partial charge in [0.2, 0.25) is 0 Å². The van der Waals surface area contributed by atoms with E-state index in [1.165, 1.54) is 44.9 Å². The highest BCUT2D eigenvalue weighted by atomic mass is 15.3. The molecular weight excluding hydrogens is 238 g/mol. The first-order chi connectivity index (χ1) is 9.42. The molecule has 2 aromatic heterocycles. The van der Waals surface area contributed by atoms with Crippen LogP contribution >= 0.6 is 0 Å². The summed E-state index contributed by atoms with van der Waals surface area (Å²) < 4.78 is 1.66. The van der Waals surface area contributed by atoms with Gasteiger partial charge in [-0.1, -0.05) is 25.7 Å². The average Bonchev–Trinajstić information content (AvgIpc) is 2.86. The zero-order chi connectivity index (χ0) is 12.9. The van der Waals surface area contributed by atoms with Crippen LogP contribution in [-0.4, -0.2) is 25.8 Å². The Hall–Kier alpha value is -1.91. The van der Waals surface area contributed by atoms with E-state index in [1.54, 1.807) is 11.0 Å². The van der Waals surface area contributed by atoms with Crippen LogP contribution in [0.2, 0.25) is 0 Å². The van der Waals surface area contributed by atoms with Crippen LogP contribution in [0.1, 0.15) is 38.5 Å². The lowest BCUT2D eigenvalue weighted by molar-refractivity contribution is 0.619. The number of hydrogen-bond donors (Lipinski definition) is 1. The molecule has 0 amide bonds. The van der Waals surface area contributed by atoms with E-state index in [9.17, 15) is 0 Å². The molecule has 1 aliphatic rings. The van der Waals surface area contributed by atoms with Gasteiger partial charge in [-0.25, -0.2) is 14.6 Å². The first-order valence-electron chi connectivity index (χ1n) is 6.99. The van der Waals surface area contributed by atoms with Gasteiger partial charge in [0.15, 0.2) is 5.82 Å². The van der Waals surface area contributed by atoms with E-state index >= 15 is 0 Å². The largest absolute Gasteiger partial charge is 0.381 e. The Labute approximate surface area is 113 Å². The SMILES string of the molecule is c1ncn(-c2ccc(NC3CCCCCC3)cn2)n1. The Balaban J connectivity index is 1.65. The molecule has 0 unspecified atom stereocenters. The van der Waals surface area contributed by atoms with Crippen molar-refractivity contribution < 1.29 is 0 Å². The lowest BCUT2D eigenvalue weighted by atomic mass is 10.1. The number of rotatable bonds is 3. The van der Waals surface area contributed by atoms with Crippen molar-refractivity contribution in [2.45, 2.75) is 44.6 Å². The second-order valence-electron chi connectivity index (χ2n) is 5.08. The lowest BCUT2D eigenvalue weighted by Gasteiger charge is -2.17. The van der Waals surface area contributed by atoms with Crippen molar-refractivity contribution in [2.24, 2.45) is 0 Å². The fourth-order valence-electron chi connectivity index (χ4n) is 2.59. The standard InChI is InChI=1S/C14H19N5/c1-2-4-6-12(5-3-1)18-13-7-8-14(16-9-13)19-11-15-10-17-19/h7-12,18H,1-6H2. The van der Waals surface area contributed by atoms with Crippen LogP contribution in [0.15, 0.2) is 31.0 Å². The van der Waals surface area contributed by atoms with Crippen molar-refractivity contribution in [2.75, 3.05) is 5.32 Å². The van der Waals surface area contributed by atoms with E-state index in [0.29, 0.717) is 6.04 Å². The summed E-state index contributed by atoms with van der Waals surface area (Å²) in [6.45, 7) is 0. The van der Waals surface area contributed by atoms with Crippen LogP contribution < -0.4 is 5.32 Å². The van der Waals surface area contributed by atoms with Gasteiger partial charge in [-0.15, -0.1) is 0 Å². The molecule has 2 heterocycles. The maximum Gasteiger partial charge on any atom is 0.155 e. The molecular formula is C14H19N5. The number of hydrogen-bond acceptors (Lipinski definition) is 4. The van der Waals surface area contributed by atoms with Crippen molar-refractivity contribution in [3.63, 3.8) is 0 Å².